The van der Waals surface area contributed by atoms with Crippen LogP contribution in [-0.2, 0) is 23.8 Å². The molecule has 1 aromatic heterocycles. The minimum absolute atomic E-state index is 0.0229. The van der Waals surface area contributed by atoms with Gasteiger partial charge in [-0.3, -0.25) is 4.79 Å². The molecule has 1 saturated heterocycles. The second-order valence-corrected chi connectivity index (χ2v) is 15.5. The van der Waals surface area contributed by atoms with Gasteiger partial charge < -0.3 is 83.5 Å². The highest BCUT2D eigenvalue weighted by Crippen LogP contribution is 2.39. The molecule has 20 heteroatoms. The van der Waals surface area contributed by atoms with Gasteiger partial charge in [0, 0.05) is 29.8 Å². The maximum Gasteiger partial charge on any atom is 0.331 e. The minimum atomic E-state index is -2.06. The molecule has 20 nitrogen and oxygen atoms in total. The van der Waals surface area contributed by atoms with Crippen molar-refractivity contribution in [3.8, 4) is 63.1 Å². The molecule has 0 amide bonds. The fraction of sp³-hybridized carbons (Fsp3) is 0.220. The number of hydrogen-bond acceptors (Lipinski definition) is 20. The summed E-state index contributed by atoms with van der Waals surface area (Å²) in [4.78, 5) is 40.4. The molecule has 0 radical (unpaired) electrons. The van der Waals surface area contributed by atoms with Crippen LogP contribution in [-0.4, -0.2) is 122 Å². The Balaban J connectivity index is 1.11. The Morgan fingerprint density at radius 1 is 0.714 bits per heavy atom. The largest absolute Gasteiger partial charge is 0.508 e. The van der Waals surface area contributed by atoms with Crippen molar-refractivity contribution in [1.82, 2.24) is 0 Å². The molecule has 7 atom stereocenters. The first-order chi connectivity index (χ1) is 33.6. The number of aliphatic hydroxyl groups is 4. The van der Waals surface area contributed by atoms with Crippen LogP contribution in [0.2, 0.25) is 0 Å². The zero-order chi connectivity index (χ0) is 50.2. The average Bonchev–Trinajstić information content (AvgIpc) is 3.34. The molecule has 1 fully saturated rings. The number of phenolic OH excluding ortho intramolecular Hbond substituents is 5. The van der Waals surface area contributed by atoms with Crippen LogP contribution in [0.5, 0.6) is 51.7 Å². The number of ether oxygens (including phenoxy) is 7. The molecule has 0 bridgehead atoms. The molecule has 1 aliphatic heterocycles. The lowest BCUT2D eigenvalue weighted by Crippen LogP contribution is -2.61. The molecule has 9 N–H and O–H groups in total. The van der Waals surface area contributed by atoms with E-state index in [2.05, 4.69) is 0 Å². The number of esters is 2. The number of aliphatic hydroxyl groups excluding tert-OH is 4. The lowest BCUT2D eigenvalue weighted by molar-refractivity contribution is -0.281. The van der Waals surface area contributed by atoms with E-state index >= 15 is 0 Å². The van der Waals surface area contributed by atoms with Crippen LogP contribution in [0.1, 0.15) is 22.8 Å². The average molecular weight is 967 g/mol. The van der Waals surface area contributed by atoms with Crippen LogP contribution in [0.25, 0.3) is 34.4 Å². The van der Waals surface area contributed by atoms with Crippen molar-refractivity contribution in [3.63, 3.8) is 0 Å². The third-order valence-electron chi connectivity index (χ3n) is 10.8. The van der Waals surface area contributed by atoms with Crippen LogP contribution in [0.3, 0.4) is 0 Å². The Bertz CT molecular complexity index is 2950. The number of carbonyl (C=O) groups excluding carboxylic acids is 2. The van der Waals surface area contributed by atoms with Crippen molar-refractivity contribution in [3.05, 3.63) is 136 Å². The van der Waals surface area contributed by atoms with E-state index in [1.54, 1.807) is 0 Å². The monoisotopic (exact) mass is 966 g/mol. The zero-order valence-corrected chi connectivity index (χ0v) is 37.0. The maximum absolute atomic E-state index is 14.1. The Morgan fingerprint density at radius 3 is 2.06 bits per heavy atom. The lowest BCUT2D eigenvalue weighted by Gasteiger charge is -2.41. The van der Waals surface area contributed by atoms with Crippen LogP contribution in [0.15, 0.2) is 118 Å². The van der Waals surface area contributed by atoms with Gasteiger partial charge in [0.2, 0.25) is 17.5 Å². The highest BCUT2D eigenvalue weighted by molar-refractivity contribution is 5.89. The van der Waals surface area contributed by atoms with Crippen molar-refractivity contribution >= 4 is 35.1 Å². The normalized spacial score (nSPS) is 18.9. The number of rotatable bonds is 17. The number of methoxy groups -OCH3 is 2. The van der Waals surface area contributed by atoms with Crippen LogP contribution in [0, 0.1) is 0 Å². The third-order valence-corrected chi connectivity index (χ3v) is 10.8. The standard InChI is InChI=1S/C50H46O20/c1-63-35-20-28(10-15-32(35)55)43(59)38(23-51)66-34-16-5-26(19-36(34)64-2)7-17-40(57)65-24-39-44(60)48(69-41(58)18-6-25-3-11-29(52)12-4-25)46(62)50(68-39)70-49-45(61)42-33(56)21-31(54)22-37(42)67-47(49)27-8-13-30(53)14-9-27/h3-22,38-39,43-44,46,48,50-56,59-60,62H,23-24H2,1-2H3. The number of fused-ring (bicyclic) bond motifs is 1. The van der Waals surface area contributed by atoms with E-state index in [9.17, 15) is 60.3 Å². The second kappa shape index (κ2) is 21.8. The number of aromatic hydroxyl groups is 5. The van der Waals surface area contributed by atoms with Crippen molar-refractivity contribution in [2.24, 2.45) is 0 Å². The van der Waals surface area contributed by atoms with Gasteiger partial charge in [0.25, 0.3) is 0 Å². The molecule has 7 rings (SSSR count). The molecular weight excluding hydrogens is 921 g/mol. The molecular formula is C50H46O20. The smallest absolute Gasteiger partial charge is 0.331 e. The summed E-state index contributed by atoms with van der Waals surface area (Å²) in [5.74, 6) is -4.13. The van der Waals surface area contributed by atoms with E-state index in [0.29, 0.717) is 11.1 Å². The van der Waals surface area contributed by atoms with Gasteiger partial charge in [-0.05, 0) is 89.5 Å². The third kappa shape index (κ3) is 11.3. The quantitative estimate of drug-likeness (QED) is 0.0457. The molecule has 0 spiro atoms. The summed E-state index contributed by atoms with van der Waals surface area (Å²) < 4.78 is 45.2. The molecule has 0 saturated carbocycles. The first-order valence-corrected chi connectivity index (χ1v) is 21.1. The van der Waals surface area contributed by atoms with Crippen LogP contribution in [0.4, 0.5) is 0 Å². The molecule has 7 unspecified atom stereocenters. The molecule has 5 aromatic carbocycles. The van der Waals surface area contributed by atoms with Crippen LogP contribution < -0.4 is 24.4 Å². The predicted octanol–water partition coefficient (Wildman–Crippen LogP) is 4.19. The van der Waals surface area contributed by atoms with E-state index in [-0.39, 0.29) is 57.0 Å². The van der Waals surface area contributed by atoms with Crippen molar-refractivity contribution in [2.75, 3.05) is 27.4 Å². The summed E-state index contributed by atoms with van der Waals surface area (Å²) in [7, 11) is 2.68. The highest BCUT2D eigenvalue weighted by atomic mass is 16.7. The molecule has 1 aliphatic rings. The van der Waals surface area contributed by atoms with E-state index in [1.165, 1.54) is 111 Å². The molecule has 6 aromatic rings. The number of hydrogen-bond donors (Lipinski definition) is 9. The second-order valence-electron chi connectivity index (χ2n) is 15.5. The summed E-state index contributed by atoms with van der Waals surface area (Å²) in [6, 6.07) is 21.6. The van der Waals surface area contributed by atoms with Gasteiger partial charge >= 0.3 is 11.9 Å². The van der Waals surface area contributed by atoms with E-state index in [4.69, 9.17) is 37.6 Å². The summed E-state index contributed by atoms with van der Waals surface area (Å²) in [6.07, 6.45) is -7.31. The fourth-order valence-corrected chi connectivity index (χ4v) is 7.21. The maximum atomic E-state index is 14.1. The Morgan fingerprint density at radius 2 is 1.37 bits per heavy atom. The zero-order valence-electron chi connectivity index (χ0n) is 37.0. The first kappa shape index (κ1) is 49.6. The van der Waals surface area contributed by atoms with Gasteiger partial charge in [0.05, 0.1) is 20.8 Å². The fourth-order valence-electron chi connectivity index (χ4n) is 7.21. The van der Waals surface area contributed by atoms with Gasteiger partial charge in [-0.15, -0.1) is 0 Å². The van der Waals surface area contributed by atoms with Gasteiger partial charge in [0.1, 0.15) is 58.9 Å². The predicted molar refractivity (Wildman–Crippen MR) is 245 cm³/mol. The van der Waals surface area contributed by atoms with E-state index < -0.39 is 96.1 Å². The van der Waals surface area contributed by atoms with Crippen LogP contribution >= 0.6 is 0 Å². The van der Waals surface area contributed by atoms with E-state index in [1.807, 2.05) is 0 Å². The Hall–Kier alpha value is -8.27. The molecule has 2 heterocycles. The summed E-state index contributed by atoms with van der Waals surface area (Å²) in [5.41, 5.74) is 0.00437. The number of phenols is 5. The topological polar surface area (TPSA) is 311 Å². The van der Waals surface area contributed by atoms with Crippen molar-refractivity contribution < 1.29 is 93.1 Å². The number of carbonyl (C=O) groups is 2. The summed E-state index contributed by atoms with van der Waals surface area (Å²) in [5, 5.41) is 94.0. The Kier molecular flexibility index (Phi) is 15.4. The Labute approximate surface area is 396 Å². The highest BCUT2D eigenvalue weighted by Gasteiger charge is 2.49. The molecule has 0 aliphatic carbocycles. The van der Waals surface area contributed by atoms with Gasteiger partial charge in [-0.1, -0.05) is 24.3 Å². The van der Waals surface area contributed by atoms with Crippen molar-refractivity contribution in [2.45, 2.75) is 42.9 Å². The van der Waals surface area contributed by atoms with E-state index in [0.717, 1.165) is 24.3 Å². The number of benzene rings is 5. The molecule has 70 heavy (non-hydrogen) atoms. The molecule has 366 valence electrons. The lowest BCUT2D eigenvalue weighted by atomic mass is 9.98. The minimum Gasteiger partial charge on any atom is -0.508 e. The van der Waals surface area contributed by atoms with Gasteiger partial charge in [0.15, 0.2) is 47.1 Å². The first-order valence-electron chi connectivity index (χ1n) is 21.1. The van der Waals surface area contributed by atoms with Gasteiger partial charge in [-0.25, -0.2) is 9.59 Å². The van der Waals surface area contributed by atoms with Crippen molar-refractivity contribution in [1.29, 1.82) is 0 Å². The SMILES string of the molecule is COc1cc(C(O)C(CO)Oc2ccc(C=CC(=O)OCC3OC(Oc4c(-c5ccc(O)cc5)oc5cc(O)cc(O)c5c4=O)C(O)C(OC(=O)C=Cc4ccc(O)cc4)C3O)cc2OC)ccc1O. The summed E-state index contributed by atoms with van der Waals surface area (Å²) >= 11 is 0. The summed E-state index contributed by atoms with van der Waals surface area (Å²) in [6.45, 7) is -1.37. The van der Waals surface area contributed by atoms with Gasteiger partial charge in [-0.2, -0.15) is 0 Å².